The summed E-state index contributed by atoms with van der Waals surface area (Å²) in [7, 11) is 0. The number of carbonyl (C=O) groups is 1. The van der Waals surface area contributed by atoms with E-state index in [1.165, 1.54) is 18.2 Å². The number of nitrogens with zero attached hydrogens (tertiary/aromatic N) is 1. The zero-order valence-corrected chi connectivity index (χ0v) is 13.7. The minimum Gasteiger partial charge on any atom is -0.349 e. The Bertz CT molecular complexity index is 578. The molecule has 8 heteroatoms. The maximum absolute atomic E-state index is 12.1. The molecule has 1 atom stereocenters. The molecule has 0 heterocycles. The van der Waals surface area contributed by atoms with E-state index in [0.29, 0.717) is 18.0 Å². The fourth-order valence-electron chi connectivity index (χ4n) is 2.37. The SMILES string of the molecule is CC(CN)(NC(=O)Cc1ccc([N+](=O)[O-])cc1Cl)C1CC1.Cl. The largest absolute Gasteiger partial charge is 0.349 e. The van der Waals surface area contributed by atoms with E-state index < -0.39 is 4.92 Å². The molecule has 1 aliphatic rings. The van der Waals surface area contributed by atoms with Gasteiger partial charge in [0.1, 0.15) is 0 Å². The molecule has 1 fully saturated rings. The summed E-state index contributed by atoms with van der Waals surface area (Å²) >= 11 is 5.99. The number of non-ortho nitro benzene ring substituents is 1. The first-order valence-electron chi connectivity index (χ1n) is 6.79. The lowest BCUT2D eigenvalue weighted by Gasteiger charge is -2.29. The maximum Gasteiger partial charge on any atom is 0.270 e. The van der Waals surface area contributed by atoms with Crippen LogP contribution in [0.5, 0.6) is 0 Å². The molecule has 0 radical (unpaired) electrons. The van der Waals surface area contributed by atoms with Gasteiger partial charge in [0.15, 0.2) is 0 Å². The van der Waals surface area contributed by atoms with Crippen molar-refractivity contribution in [2.24, 2.45) is 11.7 Å². The van der Waals surface area contributed by atoms with E-state index in [9.17, 15) is 14.9 Å². The van der Waals surface area contributed by atoms with Crippen LogP contribution in [0.1, 0.15) is 25.3 Å². The summed E-state index contributed by atoms with van der Waals surface area (Å²) < 4.78 is 0. The van der Waals surface area contributed by atoms with Gasteiger partial charge in [-0.25, -0.2) is 0 Å². The lowest BCUT2D eigenvalue weighted by atomic mass is 9.95. The molecule has 0 aliphatic heterocycles. The highest BCUT2D eigenvalue weighted by Gasteiger charge is 2.41. The van der Waals surface area contributed by atoms with Crippen molar-refractivity contribution < 1.29 is 9.72 Å². The first kappa shape index (κ1) is 18.7. The topological polar surface area (TPSA) is 98.3 Å². The summed E-state index contributed by atoms with van der Waals surface area (Å²) in [5.41, 5.74) is 5.85. The average molecular weight is 348 g/mol. The van der Waals surface area contributed by atoms with Crippen LogP contribution in [-0.2, 0) is 11.2 Å². The van der Waals surface area contributed by atoms with Gasteiger partial charge in [-0.2, -0.15) is 0 Å². The van der Waals surface area contributed by atoms with Crippen LogP contribution in [0.15, 0.2) is 18.2 Å². The predicted octanol–water partition coefficient (Wildman–Crippen LogP) is 2.46. The number of carbonyl (C=O) groups excluding carboxylic acids is 1. The van der Waals surface area contributed by atoms with Gasteiger partial charge >= 0.3 is 0 Å². The van der Waals surface area contributed by atoms with E-state index >= 15 is 0 Å². The molecule has 0 saturated heterocycles. The van der Waals surface area contributed by atoms with Crippen LogP contribution in [0.2, 0.25) is 5.02 Å². The van der Waals surface area contributed by atoms with E-state index in [1.807, 2.05) is 6.92 Å². The minimum atomic E-state index is -0.520. The number of nitrogens with one attached hydrogen (secondary N) is 1. The highest BCUT2D eigenvalue weighted by atomic mass is 35.5. The number of nitro groups is 1. The summed E-state index contributed by atoms with van der Waals surface area (Å²) in [4.78, 5) is 22.3. The Morgan fingerprint density at radius 3 is 2.64 bits per heavy atom. The highest BCUT2D eigenvalue weighted by molar-refractivity contribution is 6.31. The number of halogens is 2. The average Bonchev–Trinajstić information content (AvgIpc) is 3.25. The van der Waals surface area contributed by atoms with Gasteiger partial charge in [-0.15, -0.1) is 12.4 Å². The number of nitrogens with two attached hydrogens (primary N) is 1. The van der Waals surface area contributed by atoms with E-state index in [-0.39, 0.29) is 41.0 Å². The third-order valence-corrected chi connectivity index (χ3v) is 4.28. The van der Waals surface area contributed by atoms with Crippen LogP contribution in [0.25, 0.3) is 0 Å². The van der Waals surface area contributed by atoms with Crippen molar-refractivity contribution in [2.45, 2.75) is 31.7 Å². The molecule has 6 nitrogen and oxygen atoms in total. The van der Waals surface area contributed by atoms with Crippen molar-refractivity contribution in [1.29, 1.82) is 0 Å². The molecule has 1 unspecified atom stereocenters. The molecule has 1 saturated carbocycles. The smallest absolute Gasteiger partial charge is 0.270 e. The van der Waals surface area contributed by atoms with Crippen molar-refractivity contribution in [3.8, 4) is 0 Å². The second-order valence-corrected chi connectivity index (χ2v) is 6.06. The quantitative estimate of drug-likeness (QED) is 0.609. The van der Waals surface area contributed by atoms with Crippen LogP contribution in [0.3, 0.4) is 0 Å². The first-order valence-corrected chi connectivity index (χ1v) is 7.17. The van der Waals surface area contributed by atoms with Gasteiger partial charge in [-0.05, 0) is 31.2 Å². The Morgan fingerprint density at radius 2 is 2.18 bits per heavy atom. The fraction of sp³-hybridized carbons (Fsp3) is 0.500. The van der Waals surface area contributed by atoms with Crippen molar-refractivity contribution in [3.05, 3.63) is 38.9 Å². The van der Waals surface area contributed by atoms with Crippen LogP contribution in [0, 0.1) is 16.0 Å². The Kier molecular flexibility index (Phi) is 6.17. The summed E-state index contributed by atoms with van der Waals surface area (Å²) in [6.45, 7) is 2.33. The summed E-state index contributed by atoms with van der Waals surface area (Å²) in [6, 6.07) is 4.11. The van der Waals surface area contributed by atoms with Gasteiger partial charge in [0.2, 0.25) is 5.91 Å². The second-order valence-electron chi connectivity index (χ2n) is 5.65. The van der Waals surface area contributed by atoms with Crippen molar-refractivity contribution in [2.75, 3.05) is 6.54 Å². The number of hydrogen-bond acceptors (Lipinski definition) is 4. The van der Waals surface area contributed by atoms with Crippen LogP contribution in [0.4, 0.5) is 5.69 Å². The van der Waals surface area contributed by atoms with Gasteiger partial charge in [0.05, 0.1) is 21.9 Å². The van der Waals surface area contributed by atoms with E-state index in [2.05, 4.69) is 5.32 Å². The standard InChI is InChI=1S/C14H18ClN3O3.ClH/c1-14(8-16,10-3-4-10)17-13(19)6-9-2-5-11(18(20)21)7-12(9)15;/h2,5,7,10H,3-4,6,8,16H2,1H3,(H,17,19);1H. The van der Waals surface area contributed by atoms with Crippen LogP contribution < -0.4 is 11.1 Å². The summed E-state index contributed by atoms with van der Waals surface area (Å²) in [5.74, 6) is 0.254. The van der Waals surface area contributed by atoms with Crippen molar-refractivity contribution in [3.63, 3.8) is 0 Å². The third-order valence-electron chi connectivity index (χ3n) is 3.93. The molecule has 0 bridgehead atoms. The number of nitro benzene ring substituents is 1. The van der Waals surface area contributed by atoms with Crippen LogP contribution >= 0.6 is 24.0 Å². The monoisotopic (exact) mass is 347 g/mol. The zero-order valence-electron chi connectivity index (χ0n) is 12.2. The van der Waals surface area contributed by atoms with Gasteiger partial charge < -0.3 is 11.1 Å². The molecule has 2 rings (SSSR count). The molecule has 1 aliphatic carbocycles. The Labute approximate surface area is 140 Å². The second kappa shape index (κ2) is 7.26. The normalized spacial score (nSPS) is 16.3. The molecular weight excluding hydrogens is 329 g/mol. The van der Waals surface area contributed by atoms with E-state index in [4.69, 9.17) is 17.3 Å². The number of amides is 1. The minimum absolute atomic E-state index is 0. The van der Waals surface area contributed by atoms with E-state index in [0.717, 1.165) is 12.8 Å². The molecular formula is C14H19Cl2N3O3. The molecule has 0 spiro atoms. The number of benzene rings is 1. The third kappa shape index (κ3) is 4.32. The molecule has 1 amide bonds. The fourth-order valence-corrected chi connectivity index (χ4v) is 2.61. The van der Waals surface area contributed by atoms with Gasteiger partial charge in [0, 0.05) is 18.7 Å². The predicted molar refractivity (Wildman–Crippen MR) is 87.4 cm³/mol. The van der Waals surface area contributed by atoms with Crippen LogP contribution in [-0.4, -0.2) is 22.9 Å². The van der Waals surface area contributed by atoms with Gasteiger partial charge in [0.25, 0.3) is 5.69 Å². The van der Waals surface area contributed by atoms with Crippen molar-refractivity contribution in [1.82, 2.24) is 5.32 Å². The highest BCUT2D eigenvalue weighted by Crippen LogP contribution is 2.39. The number of hydrogen-bond donors (Lipinski definition) is 2. The lowest BCUT2D eigenvalue weighted by Crippen LogP contribution is -2.53. The lowest BCUT2D eigenvalue weighted by molar-refractivity contribution is -0.384. The maximum atomic E-state index is 12.1. The molecule has 22 heavy (non-hydrogen) atoms. The number of rotatable bonds is 6. The Morgan fingerprint density at radius 1 is 1.55 bits per heavy atom. The Balaban J connectivity index is 0.00000242. The van der Waals surface area contributed by atoms with Gasteiger partial charge in [-0.1, -0.05) is 17.7 Å². The first-order chi connectivity index (χ1) is 9.85. The van der Waals surface area contributed by atoms with E-state index in [1.54, 1.807) is 0 Å². The molecule has 1 aromatic rings. The van der Waals surface area contributed by atoms with Crippen molar-refractivity contribution >= 4 is 35.6 Å². The summed E-state index contributed by atoms with van der Waals surface area (Å²) in [6.07, 6.45) is 2.23. The zero-order chi connectivity index (χ0) is 15.6. The molecule has 1 aromatic carbocycles. The molecule has 0 aromatic heterocycles. The molecule has 122 valence electrons. The van der Waals surface area contributed by atoms with Gasteiger partial charge in [-0.3, -0.25) is 14.9 Å². The Hall–Kier alpha value is -1.37. The summed E-state index contributed by atoms with van der Waals surface area (Å²) in [5, 5.41) is 13.8. The molecule has 3 N–H and O–H groups in total.